The van der Waals surface area contributed by atoms with Crippen LogP contribution in [0.4, 0.5) is 11.4 Å². The summed E-state index contributed by atoms with van der Waals surface area (Å²) in [6.07, 6.45) is 7.96. The van der Waals surface area contributed by atoms with E-state index in [4.69, 9.17) is 12.2 Å². The number of anilines is 2. The van der Waals surface area contributed by atoms with Gasteiger partial charge in [-0.15, -0.1) is 0 Å². The number of benzene rings is 2. The van der Waals surface area contributed by atoms with Crippen molar-refractivity contribution < 1.29 is 8.42 Å². The van der Waals surface area contributed by atoms with Gasteiger partial charge in [0.1, 0.15) is 0 Å². The summed E-state index contributed by atoms with van der Waals surface area (Å²) in [4.78, 5) is 0.313. The maximum atomic E-state index is 13.2. The van der Waals surface area contributed by atoms with Crippen LogP contribution in [0.1, 0.15) is 70.3 Å². The molecule has 3 N–H and O–H groups in total. The third kappa shape index (κ3) is 5.02. The summed E-state index contributed by atoms with van der Waals surface area (Å²) in [6, 6.07) is 15.2. The Morgan fingerprint density at radius 2 is 1.38 bits per heavy atom. The van der Waals surface area contributed by atoms with E-state index >= 15 is 0 Å². The van der Waals surface area contributed by atoms with Gasteiger partial charge in [-0.1, -0.05) is 26.0 Å². The molecule has 1 atom stereocenters. The molecule has 4 aliphatic rings. The van der Waals surface area contributed by atoms with Gasteiger partial charge < -0.3 is 10.6 Å². The predicted molar refractivity (Wildman–Crippen MR) is 143 cm³/mol. The Balaban J connectivity index is 1.20. The summed E-state index contributed by atoms with van der Waals surface area (Å²) in [5, 5.41) is 6.81. The number of nitrogens with one attached hydrogen (secondary N) is 3. The van der Waals surface area contributed by atoms with E-state index in [0.29, 0.717) is 33.7 Å². The molecule has 0 aliphatic heterocycles. The lowest BCUT2D eigenvalue weighted by atomic mass is 9.53. The van der Waals surface area contributed by atoms with Crippen LogP contribution < -0.4 is 15.4 Å². The molecule has 2 aromatic rings. The zero-order valence-corrected chi connectivity index (χ0v) is 21.6. The number of hydrogen-bond acceptors (Lipinski definition) is 3. The van der Waals surface area contributed by atoms with Gasteiger partial charge in [0.05, 0.1) is 4.90 Å². The quantitative estimate of drug-likeness (QED) is 0.394. The van der Waals surface area contributed by atoms with Crippen LogP contribution >= 0.6 is 12.2 Å². The minimum absolute atomic E-state index is 0.236. The van der Waals surface area contributed by atoms with Gasteiger partial charge in [-0.3, -0.25) is 0 Å². The van der Waals surface area contributed by atoms with Crippen LogP contribution in [0.25, 0.3) is 0 Å². The van der Waals surface area contributed by atoms with Gasteiger partial charge in [0.2, 0.25) is 10.0 Å². The van der Waals surface area contributed by atoms with Crippen molar-refractivity contribution >= 4 is 38.7 Å². The molecule has 6 rings (SSSR count). The van der Waals surface area contributed by atoms with Gasteiger partial charge in [0.25, 0.3) is 0 Å². The molecule has 4 bridgehead atoms. The largest absolute Gasteiger partial charge is 0.332 e. The molecule has 7 heteroatoms. The fourth-order valence-corrected chi connectivity index (χ4v) is 8.39. The molecule has 0 radical (unpaired) electrons. The lowest BCUT2D eigenvalue weighted by Crippen LogP contribution is -2.59. The summed E-state index contributed by atoms with van der Waals surface area (Å²) >= 11 is 5.45. The zero-order chi connectivity index (χ0) is 23.9. The van der Waals surface area contributed by atoms with Crippen molar-refractivity contribution in [1.29, 1.82) is 0 Å². The second-order valence-corrected chi connectivity index (χ2v) is 12.9. The summed E-state index contributed by atoms with van der Waals surface area (Å²) in [7, 11) is -3.56. The standard InChI is InChI=1S/C27H35N3O2S2/c1-3-18(2)22-4-6-23(7-5-22)28-26(33)29-24-8-10-25(11-9-24)34(31,32)30-27-15-19-12-20(16-27)14-21(13-19)17-27/h4-11,18-21,30H,3,12-17H2,1-2H3,(H2,28,29,33). The van der Waals surface area contributed by atoms with E-state index in [0.717, 1.165) is 37.1 Å². The third-order valence-electron chi connectivity index (χ3n) is 8.16. The van der Waals surface area contributed by atoms with Crippen molar-refractivity contribution in [2.24, 2.45) is 17.8 Å². The van der Waals surface area contributed by atoms with E-state index in [1.54, 1.807) is 24.3 Å². The molecule has 2 aromatic carbocycles. The van der Waals surface area contributed by atoms with Gasteiger partial charge >= 0.3 is 0 Å². The first-order valence-electron chi connectivity index (χ1n) is 12.6. The van der Waals surface area contributed by atoms with Crippen LogP contribution in [0.2, 0.25) is 0 Å². The molecule has 4 aliphatic carbocycles. The normalized spacial score (nSPS) is 28.5. The maximum Gasteiger partial charge on any atom is 0.241 e. The molecule has 0 aromatic heterocycles. The first kappa shape index (κ1) is 23.8. The molecule has 0 amide bonds. The van der Waals surface area contributed by atoms with E-state index in [2.05, 4.69) is 41.3 Å². The molecular formula is C27H35N3O2S2. The first-order chi connectivity index (χ1) is 16.2. The number of rotatable bonds is 7. The molecular weight excluding hydrogens is 462 g/mol. The summed E-state index contributed by atoms with van der Waals surface area (Å²) in [5.41, 5.74) is 2.75. The SMILES string of the molecule is CCC(C)c1ccc(NC(=S)Nc2ccc(S(=O)(=O)NC34CC5CC(CC(C5)C3)C4)cc2)cc1. The number of sulfonamides is 1. The summed E-state index contributed by atoms with van der Waals surface area (Å²) < 4.78 is 29.6. The van der Waals surface area contributed by atoms with Gasteiger partial charge in [-0.25, -0.2) is 13.1 Å². The Labute approximate surface area is 209 Å². The van der Waals surface area contributed by atoms with E-state index in [1.807, 2.05) is 12.1 Å². The van der Waals surface area contributed by atoms with Crippen molar-refractivity contribution in [3.63, 3.8) is 0 Å². The van der Waals surface area contributed by atoms with Crippen LogP contribution in [-0.4, -0.2) is 19.1 Å². The minimum Gasteiger partial charge on any atom is -0.332 e. The predicted octanol–water partition coefficient (Wildman–Crippen LogP) is 6.26. The zero-order valence-electron chi connectivity index (χ0n) is 20.0. The number of hydrogen-bond donors (Lipinski definition) is 3. The summed E-state index contributed by atoms with van der Waals surface area (Å²) in [5.74, 6) is 2.62. The Morgan fingerprint density at radius 1 is 0.912 bits per heavy atom. The molecule has 0 spiro atoms. The van der Waals surface area contributed by atoms with Crippen molar-refractivity contribution in [2.75, 3.05) is 10.6 Å². The Bertz CT molecular complexity index is 1110. The maximum absolute atomic E-state index is 13.2. The second-order valence-electron chi connectivity index (χ2n) is 10.8. The third-order valence-corrected chi connectivity index (χ3v) is 9.96. The van der Waals surface area contributed by atoms with Crippen molar-refractivity contribution in [3.8, 4) is 0 Å². The second kappa shape index (κ2) is 9.25. The molecule has 1 unspecified atom stereocenters. The molecule has 0 heterocycles. The minimum atomic E-state index is -3.56. The van der Waals surface area contributed by atoms with Gasteiger partial charge in [-0.2, -0.15) is 0 Å². The van der Waals surface area contributed by atoms with Crippen LogP contribution in [0.5, 0.6) is 0 Å². The highest BCUT2D eigenvalue weighted by molar-refractivity contribution is 7.89. The Morgan fingerprint density at radius 3 is 1.85 bits per heavy atom. The highest BCUT2D eigenvalue weighted by Gasteiger charge is 2.52. The van der Waals surface area contributed by atoms with Crippen molar-refractivity contribution in [2.45, 2.75) is 75.1 Å². The fourth-order valence-electron chi connectivity index (χ4n) is 6.72. The topological polar surface area (TPSA) is 70.2 Å². The Hall–Kier alpha value is -1.96. The molecule has 34 heavy (non-hydrogen) atoms. The highest BCUT2D eigenvalue weighted by atomic mass is 32.2. The Kier molecular flexibility index (Phi) is 6.46. The molecule has 4 saturated carbocycles. The van der Waals surface area contributed by atoms with E-state index < -0.39 is 10.0 Å². The van der Waals surface area contributed by atoms with Crippen molar-refractivity contribution in [3.05, 3.63) is 54.1 Å². The van der Waals surface area contributed by atoms with E-state index in [1.165, 1.54) is 24.8 Å². The van der Waals surface area contributed by atoms with Crippen molar-refractivity contribution in [1.82, 2.24) is 4.72 Å². The van der Waals surface area contributed by atoms with E-state index in [-0.39, 0.29) is 5.54 Å². The van der Waals surface area contributed by atoms with Gasteiger partial charge in [0.15, 0.2) is 5.11 Å². The fraction of sp³-hybridized carbons (Fsp3) is 0.519. The van der Waals surface area contributed by atoms with Crippen LogP contribution in [0.15, 0.2) is 53.4 Å². The molecule has 4 fully saturated rings. The number of thiocarbonyl (C=S) groups is 1. The molecule has 182 valence electrons. The molecule has 5 nitrogen and oxygen atoms in total. The summed E-state index contributed by atoms with van der Waals surface area (Å²) in [6.45, 7) is 4.41. The van der Waals surface area contributed by atoms with E-state index in [9.17, 15) is 8.42 Å². The lowest BCUT2D eigenvalue weighted by molar-refractivity contribution is -0.00810. The average Bonchev–Trinajstić information content (AvgIpc) is 2.77. The highest BCUT2D eigenvalue weighted by Crippen LogP contribution is 2.56. The lowest BCUT2D eigenvalue weighted by Gasteiger charge is -2.56. The smallest absolute Gasteiger partial charge is 0.241 e. The monoisotopic (exact) mass is 497 g/mol. The first-order valence-corrected chi connectivity index (χ1v) is 14.4. The van der Waals surface area contributed by atoms with Gasteiger partial charge in [0, 0.05) is 16.9 Å². The van der Waals surface area contributed by atoms with Crippen LogP contribution in [0.3, 0.4) is 0 Å². The van der Waals surface area contributed by atoms with Crippen LogP contribution in [-0.2, 0) is 10.0 Å². The molecule has 0 saturated heterocycles. The van der Waals surface area contributed by atoms with Crippen LogP contribution in [0, 0.1) is 17.8 Å². The van der Waals surface area contributed by atoms with Gasteiger partial charge in [-0.05, 0) is 123 Å². The average molecular weight is 498 g/mol.